The molecule has 0 aromatic heterocycles. The van der Waals surface area contributed by atoms with Gasteiger partial charge in [-0.3, -0.25) is 4.90 Å². The number of anilines is 2. The van der Waals surface area contributed by atoms with Crippen LogP contribution in [0.2, 0.25) is 0 Å². The molecular formula is C14H20FN3. The molecule has 2 fully saturated rings. The molecule has 2 aliphatic heterocycles. The molecule has 98 valence electrons. The number of nitrogens with two attached hydrogens (primary N) is 1. The summed E-state index contributed by atoms with van der Waals surface area (Å²) in [4.78, 5) is 4.70. The van der Waals surface area contributed by atoms with E-state index in [0.29, 0.717) is 17.4 Å². The average molecular weight is 249 g/mol. The van der Waals surface area contributed by atoms with Gasteiger partial charge in [0.05, 0.1) is 5.69 Å². The summed E-state index contributed by atoms with van der Waals surface area (Å²) in [6.07, 6.45) is 3.77. The Balaban J connectivity index is 1.71. The largest absolute Gasteiger partial charge is 0.399 e. The maximum absolute atomic E-state index is 13.9. The van der Waals surface area contributed by atoms with Crippen LogP contribution in [0.15, 0.2) is 18.2 Å². The van der Waals surface area contributed by atoms with E-state index in [1.165, 1.54) is 32.0 Å². The molecule has 0 spiro atoms. The standard InChI is InChI=1S/C14H20FN3/c15-13-9-11(16)3-4-14(13)18-8-5-12(10-18)17-6-1-2-7-17/h3-4,9,12H,1-2,5-8,10,16H2/t12-/m1/s1. The fourth-order valence-electron chi connectivity index (χ4n) is 3.15. The summed E-state index contributed by atoms with van der Waals surface area (Å²) in [7, 11) is 0. The maximum Gasteiger partial charge on any atom is 0.148 e. The zero-order chi connectivity index (χ0) is 12.5. The van der Waals surface area contributed by atoms with Crippen molar-refractivity contribution in [3.8, 4) is 0 Å². The molecule has 4 heteroatoms. The highest BCUT2D eigenvalue weighted by atomic mass is 19.1. The third-order valence-corrected chi connectivity index (χ3v) is 4.13. The first-order chi connectivity index (χ1) is 8.74. The van der Waals surface area contributed by atoms with Gasteiger partial charge in [-0.05, 0) is 50.6 Å². The van der Waals surface area contributed by atoms with Crippen molar-refractivity contribution in [3.63, 3.8) is 0 Å². The number of hydrogen-bond donors (Lipinski definition) is 1. The monoisotopic (exact) mass is 249 g/mol. The van der Waals surface area contributed by atoms with Crippen molar-refractivity contribution in [3.05, 3.63) is 24.0 Å². The minimum atomic E-state index is -0.197. The van der Waals surface area contributed by atoms with E-state index >= 15 is 0 Å². The van der Waals surface area contributed by atoms with Gasteiger partial charge in [-0.15, -0.1) is 0 Å². The third kappa shape index (κ3) is 2.17. The SMILES string of the molecule is Nc1ccc(N2CC[C@@H](N3CCCC3)C2)c(F)c1. The fourth-order valence-corrected chi connectivity index (χ4v) is 3.15. The number of nitrogen functional groups attached to an aromatic ring is 1. The van der Waals surface area contributed by atoms with Gasteiger partial charge in [0.1, 0.15) is 5.82 Å². The summed E-state index contributed by atoms with van der Waals surface area (Å²) < 4.78 is 13.9. The number of rotatable bonds is 2. The molecule has 0 bridgehead atoms. The molecule has 2 N–H and O–H groups in total. The highest BCUT2D eigenvalue weighted by Gasteiger charge is 2.30. The minimum absolute atomic E-state index is 0.197. The van der Waals surface area contributed by atoms with Gasteiger partial charge in [0.15, 0.2) is 0 Å². The zero-order valence-electron chi connectivity index (χ0n) is 10.6. The van der Waals surface area contributed by atoms with E-state index < -0.39 is 0 Å². The van der Waals surface area contributed by atoms with Crippen LogP contribution in [-0.2, 0) is 0 Å². The van der Waals surface area contributed by atoms with Gasteiger partial charge in [0.25, 0.3) is 0 Å². The second-order valence-electron chi connectivity index (χ2n) is 5.34. The first-order valence-electron chi connectivity index (χ1n) is 6.78. The van der Waals surface area contributed by atoms with Crippen LogP contribution < -0.4 is 10.6 Å². The van der Waals surface area contributed by atoms with Gasteiger partial charge in [0.2, 0.25) is 0 Å². The molecule has 0 radical (unpaired) electrons. The van der Waals surface area contributed by atoms with Crippen LogP contribution in [0.1, 0.15) is 19.3 Å². The van der Waals surface area contributed by atoms with Crippen molar-refractivity contribution in [2.45, 2.75) is 25.3 Å². The molecule has 0 unspecified atom stereocenters. The van der Waals surface area contributed by atoms with Crippen LogP contribution in [-0.4, -0.2) is 37.1 Å². The predicted octanol–water partition coefficient (Wildman–Crippen LogP) is 2.08. The molecule has 2 aliphatic rings. The summed E-state index contributed by atoms with van der Waals surface area (Å²) in [5.74, 6) is -0.197. The van der Waals surface area contributed by atoms with Gasteiger partial charge in [-0.1, -0.05) is 0 Å². The normalized spacial score (nSPS) is 24.9. The summed E-state index contributed by atoms with van der Waals surface area (Å²) in [6, 6.07) is 5.60. The molecule has 0 saturated carbocycles. The number of likely N-dealkylation sites (tertiary alicyclic amines) is 1. The number of hydrogen-bond acceptors (Lipinski definition) is 3. The summed E-state index contributed by atoms with van der Waals surface area (Å²) in [5, 5.41) is 0. The van der Waals surface area contributed by atoms with Gasteiger partial charge in [0, 0.05) is 24.8 Å². The molecule has 1 aromatic carbocycles. The second kappa shape index (κ2) is 4.76. The van der Waals surface area contributed by atoms with Crippen LogP contribution in [0.4, 0.5) is 15.8 Å². The number of benzene rings is 1. The van der Waals surface area contributed by atoms with E-state index in [0.717, 1.165) is 19.5 Å². The molecule has 1 atom stereocenters. The Morgan fingerprint density at radius 3 is 2.67 bits per heavy atom. The van der Waals surface area contributed by atoms with Gasteiger partial charge in [-0.2, -0.15) is 0 Å². The Hall–Kier alpha value is -1.29. The van der Waals surface area contributed by atoms with E-state index in [2.05, 4.69) is 9.80 Å². The highest BCUT2D eigenvalue weighted by Crippen LogP contribution is 2.28. The first kappa shape index (κ1) is 11.8. The number of nitrogens with zero attached hydrogens (tertiary/aromatic N) is 2. The van der Waals surface area contributed by atoms with Crippen molar-refractivity contribution >= 4 is 11.4 Å². The van der Waals surface area contributed by atoms with E-state index in [4.69, 9.17) is 5.73 Å². The van der Waals surface area contributed by atoms with Crippen molar-refractivity contribution < 1.29 is 4.39 Å². The third-order valence-electron chi connectivity index (χ3n) is 4.13. The average Bonchev–Trinajstić information content (AvgIpc) is 2.99. The molecule has 0 amide bonds. The van der Waals surface area contributed by atoms with Crippen LogP contribution >= 0.6 is 0 Å². The van der Waals surface area contributed by atoms with Crippen molar-refractivity contribution in [1.29, 1.82) is 0 Å². The Morgan fingerprint density at radius 1 is 1.17 bits per heavy atom. The maximum atomic E-state index is 13.9. The molecule has 2 heterocycles. The van der Waals surface area contributed by atoms with E-state index in [1.54, 1.807) is 12.1 Å². The topological polar surface area (TPSA) is 32.5 Å². The zero-order valence-corrected chi connectivity index (χ0v) is 10.6. The lowest BCUT2D eigenvalue weighted by atomic mass is 10.2. The lowest BCUT2D eigenvalue weighted by Gasteiger charge is -2.24. The predicted molar refractivity (Wildman–Crippen MR) is 72.2 cm³/mol. The Kier molecular flexibility index (Phi) is 3.12. The summed E-state index contributed by atoms with van der Waals surface area (Å²) in [6.45, 7) is 4.31. The second-order valence-corrected chi connectivity index (χ2v) is 5.34. The first-order valence-corrected chi connectivity index (χ1v) is 6.78. The van der Waals surface area contributed by atoms with Crippen LogP contribution in [0.3, 0.4) is 0 Å². The molecule has 18 heavy (non-hydrogen) atoms. The van der Waals surface area contributed by atoms with E-state index in [9.17, 15) is 4.39 Å². The molecular weight excluding hydrogens is 229 g/mol. The number of halogens is 1. The van der Waals surface area contributed by atoms with Crippen LogP contribution in [0.5, 0.6) is 0 Å². The molecule has 2 saturated heterocycles. The smallest absolute Gasteiger partial charge is 0.148 e. The molecule has 3 rings (SSSR count). The Labute approximate surface area is 107 Å². The Morgan fingerprint density at radius 2 is 1.94 bits per heavy atom. The summed E-state index contributed by atoms with van der Waals surface area (Å²) >= 11 is 0. The lowest BCUT2D eigenvalue weighted by Crippen LogP contribution is -2.35. The van der Waals surface area contributed by atoms with Crippen LogP contribution in [0, 0.1) is 5.82 Å². The van der Waals surface area contributed by atoms with Crippen molar-refractivity contribution in [1.82, 2.24) is 4.90 Å². The Bertz CT molecular complexity index is 429. The minimum Gasteiger partial charge on any atom is -0.399 e. The molecule has 1 aromatic rings. The summed E-state index contributed by atoms with van der Waals surface area (Å²) in [5.41, 5.74) is 6.78. The quantitative estimate of drug-likeness (QED) is 0.815. The van der Waals surface area contributed by atoms with Gasteiger partial charge >= 0.3 is 0 Å². The molecule has 3 nitrogen and oxygen atoms in total. The van der Waals surface area contributed by atoms with E-state index in [-0.39, 0.29) is 5.82 Å². The van der Waals surface area contributed by atoms with Crippen molar-refractivity contribution in [2.24, 2.45) is 0 Å². The highest BCUT2D eigenvalue weighted by molar-refractivity contribution is 5.55. The van der Waals surface area contributed by atoms with Gasteiger partial charge < -0.3 is 10.6 Å². The van der Waals surface area contributed by atoms with Crippen molar-refractivity contribution in [2.75, 3.05) is 36.8 Å². The molecule has 0 aliphatic carbocycles. The lowest BCUT2D eigenvalue weighted by molar-refractivity contribution is 0.260. The van der Waals surface area contributed by atoms with Crippen LogP contribution in [0.25, 0.3) is 0 Å². The fraction of sp³-hybridized carbons (Fsp3) is 0.571. The van der Waals surface area contributed by atoms with Gasteiger partial charge in [-0.25, -0.2) is 4.39 Å². The van der Waals surface area contributed by atoms with E-state index in [1.807, 2.05) is 0 Å².